The molecule has 25 heavy (non-hydrogen) atoms. The molecule has 3 saturated carbocycles. The zero-order valence-corrected chi connectivity index (χ0v) is 16.1. The third-order valence-electron chi connectivity index (χ3n) is 8.70. The van der Waals surface area contributed by atoms with Gasteiger partial charge in [-0.15, -0.1) is 11.6 Å². The molecule has 138 valence electrons. The predicted octanol–water partition coefficient (Wildman–Crippen LogP) is 4.06. The Morgan fingerprint density at radius 3 is 2.60 bits per heavy atom. The standard InChI is InChI=1S/C21H29ClO3/c1-19-8-5-14(23)11-13(19)3-4-15-16(19)6-9-20(2)17(15)7-10-21(20,25)18(24)12-22/h11,15-17,25H,3-10,12H2,1-2H3/t15-,16+,17-,19+,20+,21+/m1/s1. The number of fused-ring (bicyclic) bond motifs is 5. The van der Waals surface area contributed by atoms with E-state index in [0.717, 1.165) is 38.5 Å². The van der Waals surface area contributed by atoms with Crippen molar-refractivity contribution in [1.29, 1.82) is 0 Å². The molecule has 3 nitrogen and oxygen atoms in total. The van der Waals surface area contributed by atoms with Crippen molar-refractivity contribution in [3.8, 4) is 0 Å². The number of hydrogen-bond donors (Lipinski definition) is 1. The predicted molar refractivity (Wildman–Crippen MR) is 97.4 cm³/mol. The molecule has 4 aliphatic rings. The summed E-state index contributed by atoms with van der Waals surface area (Å²) in [5, 5.41) is 11.2. The van der Waals surface area contributed by atoms with E-state index < -0.39 is 5.60 Å². The monoisotopic (exact) mass is 364 g/mol. The van der Waals surface area contributed by atoms with Crippen molar-refractivity contribution in [3.63, 3.8) is 0 Å². The highest BCUT2D eigenvalue weighted by Crippen LogP contribution is 2.67. The number of carbonyl (C=O) groups excluding carboxylic acids is 2. The van der Waals surface area contributed by atoms with Crippen LogP contribution in [0.15, 0.2) is 11.6 Å². The lowest BCUT2D eigenvalue weighted by molar-refractivity contribution is -0.159. The second-order valence-electron chi connectivity index (χ2n) is 9.38. The van der Waals surface area contributed by atoms with E-state index in [4.69, 9.17) is 11.6 Å². The van der Waals surface area contributed by atoms with E-state index >= 15 is 0 Å². The fraction of sp³-hybridized carbons (Fsp3) is 0.810. The van der Waals surface area contributed by atoms with Gasteiger partial charge in [-0.05, 0) is 74.2 Å². The van der Waals surface area contributed by atoms with Gasteiger partial charge < -0.3 is 5.11 Å². The second kappa shape index (κ2) is 5.66. The lowest BCUT2D eigenvalue weighted by Crippen LogP contribution is -2.57. The molecule has 0 radical (unpaired) electrons. The Hall–Kier alpha value is -0.670. The van der Waals surface area contributed by atoms with Crippen LogP contribution in [0.2, 0.25) is 0 Å². The van der Waals surface area contributed by atoms with Crippen LogP contribution < -0.4 is 0 Å². The summed E-state index contributed by atoms with van der Waals surface area (Å²) in [7, 11) is 0. The van der Waals surface area contributed by atoms with Gasteiger partial charge in [-0.3, -0.25) is 9.59 Å². The van der Waals surface area contributed by atoms with Crippen LogP contribution in [0.4, 0.5) is 0 Å². The fourth-order valence-corrected chi connectivity index (χ4v) is 7.36. The third kappa shape index (κ3) is 2.21. The van der Waals surface area contributed by atoms with Crippen molar-refractivity contribution < 1.29 is 14.7 Å². The zero-order valence-electron chi connectivity index (χ0n) is 15.3. The first kappa shape index (κ1) is 17.7. The summed E-state index contributed by atoms with van der Waals surface area (Å²) < 4.78 is 0. The minimum absolute atomic E-state index is 0.0976. The average Bonchev–Trinajstić information content (AvgIpc) is 2.87. The van der Waals surface area contributed by atoms with E-state index in [0.29, 0.717) is 30.6 Å². The van der Waals surface area contributed by atoms with Gasteiger partial charge in [0.05, 0.1) is 5.88 Å². The summed E-state index contributed by atoms with van der Waals surface area (Å²) in [6, 6.07) is 0. The highest BCUT2D eigenvalue weighted by atomic mass is 35.5. The minimum atomic E-state index is -1.25. The molecule has 0 heterocycles. The number of alkyl halides is 1. The van der Waals surface area contributed by atoms with Crippen LogP contribution in [0.1, 0.15) is 65.2 Å². The van der Waals surface area contributed by atoms with E-state index in [2.05, 4.69) is 13.8 Å². The number of Topliss-reactive ketones (excluding diaryl/α,β-unsaturated/α-hetero) is 1. The number of hydrogen-bond acceptors (Lipinski definition) is 3. The maximum Gasteiger partial charge on any atom is 0.179 e. The summed E-state index contributed by atoms with van der Waals surface area (Å²) in [6.07, 6.45) is 9.04. The van der Waals surface area contributed by atoms with Gasteiger partial charge >= 0.3 is 0 Å². The maximum absolute atomic E-state index is 12.5. The summed E-state index contributed by atoms with van der Waals surface area (Å²) in [5.74, 6) is 1.51. The van der Waals surface area contributed by atoms with Crippen molar-refractivity contribution in [2.24, 2.45) is 28.6 Å². The van der Waals surface area contributed by atoms with Crippen LogP contribution in [-0.4, -0.2) is 28.2 Å². The molecular formula is C21H29ClO3. The van der Waals surface area contributed by atoms with Crippen LogP contribution in [0.25, 0.3) is 0 Å². The normalized spacial score (nSPS) is 49.0. The van der Waals surface area contributed by atoms with E-state index in [1.165, 1.54) is 5.57 Å². The first-order valence-electron chi connectivity index (χ1n) is 9.82. The minimum Gasteiger partial charge on any atom is -0.381 e. The van der Waals surface area contributed by atoms with Gasteiger partial charge in [0.2, 0.25) is 0 Å². The lowest BCUT2D eigenvalue weighted by atomic mass is 9.46. The van der Waals surface area contributed by atoms with Crippen molar-refractivity contribution in [2.75, 3.05) is 5.88 Å². The maximum atomic E-state index is 12.5. The van der Waals surface area contributed by atoms with Gasteiger partial charge in [-0.25, -0.2) is 0 Å². The molecule has 0 bridgehead atoms. The van der Waals surface area contributed by atoms with Gasteiger partial charge in [0, 0.05) is 11.8 Å². The fourth-order valence-electron chi connectivity index (χ4n) is 7.14. The molecule has 1 N–H and O–H groups in total. The molecule has 0 amide bonds. The largest absolute Gasteiger partial charge is 0.381 e. The molecule has 0 aliphatic heterocycles. The molecule has 0 aromatic heterocycles. The number of carbonyl (C=O) groups is 2. The number of ketones is 2. The van der Waals surface area contributed by atoms with Crippen LogP contribution in [0.5, 0.6) is 0 Å². The van der Waals surface area contributed by atoms with Gasteiger partial charge in [-0.1, -0.05) is 19.4 Å². The van der Waals surface area contributed by atoms with Gasteiger partial charge in [0.15, 0.2) is 11.6 Å². The van der Waals surface area contributed by atoms with Crippen molar-refractivity contribution in [2.45, 2.75) is 70.8 Å². The van der Waals surface area contributed by atoms with Gasteiger partial charge in [0.25, 0.3) is 0 Å². The molecule has 0 spiro atoms. The van der Waals surface area contributed by atoms with E-state index in [1.807, 2.05) is 6.08 Å². The number of rotatable bonds is 2. The molecule has 4 rings (SSSR count). The Kier molecular flexibility index (Phi) is 4.01. The smallest absolute Gasteiger partial charge is 0.179 e. The molecule has 4 heteroatoms. The lowest BCUT2D eigenvalue weighted by Gasteiger charge is -2.58. The molecule has 0 aromatic carbocycles. The van der Waals surface area contributed by atoms with E-state index in [1.54, 1.807) is 0 Å². The Balaban J connectivity index is 1.68. The SMILES string of the molecule is C[C@]12CCC(=O)C=C1CC[C@H]1[C@H]3CC[C@](O)(C(=O)CCl)[C@@]3(C)CC[C@@H]12. The highest BCUT2D eigenvalue weighted by molar-refractivity contribution is 6.29. The van der Waals surface area contributed by atoms with Crippen molar-refractivity contribution in [1.82, 2.24) is 0 Å². The van der Waals surface area contributed by atoms with E-state index in [-0.39, 0.29) is 28.3 Å². The Bertz CT molecular complexity index is 656. The van der Waals surface area contributed by atoms with Gasteiger partial charge in [0.1, 0.15) is 5.60 Å². The van der Waals surface area contributed by atoms with Crippen molar-refractivity contribution in [3.05, 3.63) is 11.6 Å². The zero-order chi connectivity index (χ0) is 18.0. The summed E-state index contributed by atoms with van der Waals surface area (Å²) >= 11 is 5.83. The topological polar surface area (TPSA) is 54.4 Å². The first-order chi connectivity index (χ1) is 11.8. The van der Waals surface area contributed by atoms with Crippen molar-refractivity contribution >= 4 is 23.2 Å². The summed E-state index contributed by atoms with van der Waals surface area (Å²) in [6.45, 7) is 4.49. The molecule has 4 aliphatic carbocycles. The number of halogens is 1. The molecule has 0 aromatic rings. The first-order valence-corrected chi connectivity index (χ1v) is 10.4. The van der Waals surface area contributed by atoms with Gasteiger partial charge in [-0.2, -0.15) is 0 Å². The molecule has 0 unspecified atom stereocenters. The summed E-state index contributed by atoms with van der Waals surface area (Å²) in [4.78, 5) is 24.3. The number of allylic oxidation sites excluding steroid dienone is 1. The van der Waals surface area contributed by atoms with E-state index in [9.17, 15) is 14.7 Å². The quantitative estimate of drug-likeness (QED) is 0.752. The van der Waals surface area contributed by atoms with Crippen LogP contribution in [0.3, 0.4) is 0 Å². The molecular weight excluding hydrogens is 336 g/mol. The Morgan fingerprint density at radius 1 is 1.16 bits per heavy atom. The van der Waals surface area contributed by atoms with Crippen LogP contribution in [-0.2, 0) is 9.59 Å². The van der Waals surface area contributed by atoms with Crippen LogP contribution in [0, 0.1) is 28.6 Å². The average molecular weight is 365 g/mol. The molecule has 3 fully saturated rings. The highest BCUT2D eigenvalue weighted by Gasteiger charge is 2.65. The Labute approximate surface area is 155 Å². The number of aliphatic hydroxyl groups is 1. The second-order valence-corrected chi connectivity index (χ2v) is 9.65. The summed E-state index contributed by atoms with van der Waals surface area (Å²) in [5.41, 5.74) is -0.0969. The molecule has 6 atom stereocenters. The third-order valence-corrected chi connectivity index (χ3v) is 8.94. The van der Waals surface area contributed by atoms with Crippen LogP contribution >= 0.6 is 11.6 Å². The Morgan fingerprint density at radius 2 is 1.88 bits per heavy atom. The molecule has 0 saturated heterocycles.